The second-order valence-corrected chi connectivity index (χ2v) is 3.65. The van der Waals surface area contributed by atoms with E-state index in [1.54, 1.807) is 17.9 Å². The predicted molar refractivity (Wildman–Crippen MR) is 58.4 cm³/mol. The summed E-state index contributed by atoms with van der Waals surface area (Å²) in [5, 5.41) is 9.88. The van der Waals surface area contributed by atoms with Crippen LogP contribution in [0.1, 0.15) is 13.8 Å². The molecule has 0 aliphatic heterocycles. The highest BCUT2D eigenvalue weighted by atomic mass is 16.2. The fraction of sp³-hybridized carbons (Fsp3) is 0.600. The van der Waals surface area contributed by atoms with Crippen molar-refractivity contribution in [2.75, 3.05) is 7.05 Å². The zero-order valence-corrected chi connectivity index (χ0v) is 9.40. The molecule has 1 heterocycles. The molecular weight excluding hydrogens is 192 g/mol. The molecule has 0 aliphatic carbocycles. The van der Waals surface area contributed by atoms with Crippen molar-refractivity contribution < 1.29 is 4.79 Å². The minimum Gasteiger partial charge on any atom is -0.350 e. The molecule has 84 valence electrons. The Labute approximate surface area is 89.9 Å². The van der Waals surface area contributed by atoms with E-state index in [-0.39, 0.29) is 18.0 Å². The maximum absolute atomic E-state index is 11.5. The number of carbonyl (C=O) groups excluding carboxylic acids is 1. The highest BCUT2D eigenvalue weighted by Crippen LogP contribution is 1.91. The van der Waals surface area contributed by atoms with Crippen LogP contribution in [0.25, 0.3) is 0 Å². The molecule has 1 amide bonds. The number of hydrogen-bond donors (Lipinski definition) is 2. The highest BCUT2D eigenvalue weighted by Gasteiger charge is 2.13. The second-order valence-electron chi connectivity index (χ2n) is 3.65. The molecule has 0 bridgehead atoms. The van der Waals surface area contributed by atoms with E-state index < -0.39 is 0 Å². The van der Waals surface area contributed by atoms with Crippen molar-refractivity contribution in [1.82, 2.24) is 20.4 Å². The van der Waals surface area contributed by atoms with Crippen LogP contribution < -0.4 is 10.6 Å². The molecular formula is C10H18N4O. The Balaban J connectivity index is 2.36. The van der Waals surface area contributed by atoms with Crippen molar-refractivity contribution in [3.8, 4) is 0 Å². The maximum atomic E-state index is 11.5. The molecule has 1 aromatic heterocycles. The summed E-state index contributed by atoms with van der Waals surface area (Å²) in [6, 6.07) is 1.78. The fourth-order valence-corrected chi connectivity index (χ4v) is 1.23. The van der Waals surface area contributed by atoms with E-state index in [1.807, 2.05) is 26.1 Å². The second kappa shape index (κ2) is 5.50. The molecule has 5 heteroatoms. The summed E-state index contributed by atoms with van der Waals surface area (Å²) in [7, 11) is 1.77. The number of aromatic nitrogens is 2. The largest absolute Gasteiger partial charge is 0.350 e. The van der Waals surface area contributed by atoms with E-state index in [0.29, 0.717) is 6.54 Å². The van der Waals surface area contributed by atoms with Crippen molar-refractivity contribution in [3.05, 3.63) is 18.5 Å². The Morgan fingerprint density at radius 2 is 2.27 bits per heavy atom. The predicted octanol–water partition coefficient (Wildman–Crippen LogP) is -0.00430. The van der Waals surface area contributed by atoms with Crippen LogP contribution in [0.3, 0.4) is 0 Å². The van der Waals surface area contributed by atoms with Gasteiger partial charge in [0.15, 0.2) is 0 Å². The van der Waals surface area contributed by atoms with Gasteiger partial charge in [-0.15, -0.1) is 0 Å². The summed E-state index contributed by atoms with van der Waals surface area (Å²) in [5.41, 5.74) is 0. The number of carbonyl (C=O) groups is 1. The van der Waals surface area contributed by atoms with Gasteiger partial charge in [0.25, 0.3) is 0 Å². The Morgan fingerprint density at radius 3 is 2.80 bits per heavy atom. The summed E-state index contributed by atoms with van der Waals surface area (Å²) in [5.74, 6) is 0.0113. The van der Waals surface area contributed by atoms with E-state index in [2.05, 4.69) is 15.7 Å². The molecule has 5 nitrogen and oxygen atoms in total. The number of hydrogen-bond acceptors (Lipinski definition) is 3. The Morgan fingerprint density at radius 1 is 1.53 bits per heavy atom. The standard InChI is InChI=1S/C10H18N4O/c1-8(7-14-6-4-5-12-14)13-10(15)9(2)11-3/h4-6,8-9,11H,7H2,1-3H3,(H,13,15). The van der Waals surface area contributed by atoms with E-state index in [9.17, 15) is 4.79 Å². The van der Waals surface area contributed by atoms with Crippen LogP contribution in [0.2, 0.25) is 0 Å². The van der Waals surface area contributed by atoms with Gasteiger partial charge in [0.1, 0.15) is 0 Å². The molecule has 0 fully saturated rings. The van der Waals surface area contributed by atoms with Gasteiger partial charge in [-0.3, -0.25) is 9.48 Å². The summed E-state index contributed by atoms with van der Waals surface area (Å²) in [4.78, 5) is 11.5. The molecule has 15 heavy (non-hydrogen) atoms. The first-order valence-corrected chi connectivity index (χ1v) is 5.08. The van der Waals surface area contributed by atoms with Crippen molar-refractivity contribution in [2.24, 2.45) is 0 Å². The number of nitrogens with zero attached hydrogens (tertiary/aromatic N) is 2. The van der Waals surface area contributed by atoms with Crippen LogP contribution in [-0.4, -0.2) is 34.8 Å². The number of nitrogens with one attached hydrogen (secondary N) is 2. The highest BCUT2D eigenvalue weighted by molar-refractivity contribution is 5.81. The van der Waals surface area contributed by atoms with E-state index in [1.165, 1.54) is 0 Å². The number of amides is 1. The number of likely N-dealkylation sites (N-methyl/N-ethyl adjacent to an activating group) is 1. The third-order valence-electron chi connectivity index (χ3n) is 2.24. The van der Waals surface area contributed by atoms with Crippen LogP contribution in [0, 0.1) is 0 Å². The molecule has 0 spiro atoms. The monoisotopic (exact) mass is 210 g/mol. The molecule has 1 rings (SSSR count). The zero-order chi connectivity index (χ0) is 11.3. The average molecular weight is 210 g/mol. The van der Waals surface area contributed by atoms with E-state index in [4.69, 9.17) is 0 Å². The molecule has 2 unspecified atom stereocenters. The average Bonchev–Trinajstić information content (AvgIpc) is 2.68. The van der Waals surface area contributed by atoms with Crippen LogP contribution in [0.4, 0.5) is 0 Å². The van der Waals surface area contributed by atoms with Crippen molar-refractivity contribution in [2.45, 2.75) is 32.5 Å². The van der Waals surface area contributed by atoms with Crippen molar-refractivity contribution in [3.63, 3.8) is 0 Å². The SMILES string of the molecule is CNC(C)C(=O)NC(C)Cn1cccn1. The van der Waals surface area contributed by atoms with Gasteiger partial charge in [0.2, 0.25) is 5.91 Å². The molecule has 0 radical (unpaired) electrons. The molecule has 0 saturated carbocycles. The van der Waals surface area contributed by atoms with Crippen molar-refractivity contribution in [1.29, 1.82) is 0 Å². The third kappa shape index (κ3) is 3.71. The smallest absolute Gasteiger partial charge is 0.237 e. The van der Waals surface area contributed by atoms with Gasteiger partial charge in [-0.1, -0.05) is 0 Å². The minimum atomic E-state index is -0.162. The van der Waals surface area contributed by atoms with E-state index in [0.717, 1.165) is 0 Å². The lowest BCUT2D eigenvalue weighted by atomic mass is 10.2. The lowest BCUT2D eigenvalue weighted by Crippen LogP contribution is -2.45. The zero-order valence-electron chi connectivity index (χ0n) is 9.40. The van der Waals surface area contributed by atoms with Crippen LogP contribution in [0.15, 0.2) is 18.5 Å². The Kier molecular flexibility index (Phi) is 4.30. The van der Waals surface area contributed by atoms with Gasteiger partial charge < -0.3 is 10.6 Å². The summed E-state index contributed by atoms with van der Waals surface area (Å²) >= 11 is 0. The van der Waals surface area contributed by atoms with Crippen LogP contribution in [0.5, 0.6) is 0 Å². The van der Waals surface area contributed by atoms with Gasteiger partial charge in [-0.25, -0.2) is 0 Å². The lowest BCUT2D eigenvalue weighted by Gasteiger charge is -2.17. The summed E-state index contributed by atoms with van der Waals surface area (Å²) in [6.07, 6.45) is 3.61. The first kappa shape index (κ1) is 11.7. The van der Waals surface area contributed by atoms with Crippen LogP contribution >= 0.6 is 0 Å². The van der Waals surface area contributed by atoms with Gasteiger partial charge in [0, 0.05) is 18.4 Å². The number of rotatable bonds is 5. The first-order chi connectivity index (χ1) is 7.13. The Bertz CT molecular complexity index is 296. The lowest BCUT2D eigenvalue weighted by molar-refractivity contribution is -0.123. The van der Waals surface area contributed by atoms with Gasteiger partial charge in [-0.05, 0) is 27.0 Å². The maximum Gasteiger partial charge on any atom is 0.237 e. The molecule has 1 aromatic rings. The molecule has 0 saturated heterocycles. The van der Waals surface area contributed by atoms with Gasteiger partial charge in [-0.2, -0.15) is 5.10 Å². The van der Waals surface area contributed by atoms with Crippen molar-refractivity contribution >= 4 is 5.91 Å². The van der Waals surface area contributed by atoms with Crippen LogP contribution in [-0.2, 0) is 11.3 Å². The molecule has 0 aromatic carbocycles. The molecule has 2 N–H and O–H groups in total. The summed E-state index contributed by atoms with van der Waals surface area (Å²) in [6.45, 7) is 4.48. The first-order valence-electron chi connectivity index (χ1n) is 5.08. The molecule has 0 aliphatic rings. The summed E-state index contributed by atoms with van der Waals surface area (Å²) < 4.78 is 1.80. The normalized spacial score (nSPS) is 14.6. The Hall–Kier alpha value is -1.36. The fourth-order valence-electron chi connectivity index (χ4n) is 1.23. The molecule has 2 atom stereocenters. The minimum absolute atomic E-state index is 0.0113. The van der Waals surface area contributed by atoms with Gasteiger partial charge >= 0.3 is 0 Å². The quantitative estimate of drug-likeness (QED) is 0.719. The van der Waals surface area contributed by atoms with E-state index >= 15 is 0 Å². The topological polar surface area (TPSA) is 59.0 Å². The van der Waals surface area contributed by atoms with Gasteiger partial charge in [0.05, 0.1) is 12.6 Å². The third-order valence-corrected chi connectivity index (χ3v) is 2.24.